The molecular formula is C12H19N5O2. The number of hydrogen-bond acceptors (Lipinski definition) is 4. The van der Waals surface area contributed by atoms with Crippen LogP contribution in [0.5, 0.6) is 0 Å². The highest BCUT2D eigenvalue weighted by molar-refractivity contribution is 5.82. The third-order valence-electron chi connectivity index (χ3n) is 3.25. The van der Waals surface area contributed by atoms with Gasteiger partial charge >= 0.3 is 0 Å². The van der Waals surface area contributed by atoms with E-state index in [1.807, 2.05) is 17.7 Å². The molecule has 1 aromatic rings. The first-order valence-corrected chi connectivity index (χ1v) is 6.32. The van der Waals surface area contributed by atoms with Gasteiger partial charge in [0.25, 0.3) is 0 Å². The van der Waals surface area contributed by atoms with Crippen molar-refractivity contribution in [3.63, 3.8) is 0 Å². The fourth-order valence-corrected chi connectivity index (χ4v) is 2.24. The second kappa shape index (κ2) is 5.40. The molecule has 0 saturated carbocycles. The predicted molar refractivity (Wildman–Crippen MR) is 68.8 cm³/mol. The van der Waals surface area contributed by atoms with Crippen molar-refractivity contribution in [2.75, 3.05) is 6.54 Å². The molecule has 2 rings (SSSR count). The lowest BCUT2D eigenvalue weighted by molar-refractivity contribution is -0.134. The summed E-state index contributed by atoms with van der Waals surface area (Å²) in [5, 5.41) is 0. The van der Waals surface area contributed by atoms with Gasteiger partial charge in [0.2, 0.25) is 11.8 Å². The highest BCUT2D eigenvalue weighted by atomic mass is 16.2. The van der Waals surface area contributed by atoms with Gasteiger partial charge in [-0.1, -0.05) is 0 Å². The number of primary amides is 1. The third kappa shape index (κ3) is 3.11. The second-order valence-electron chi connectivity index (χ2n) is 4.86. The van der Waals surface area contributed by atoms with Crippen LogP contribution in [0.1, 0.15) is 24.4 Å². The van der Waals surface area contributed by atoms with Gasteiger partial charge in [0.15, 0.2) is 0 Å². The molecule has 7 heteroatoms. The Kier molecular flexibility index (Phi) is 3.84. The summed E-state index contributed by atoms with van der Waals surface area (Å²) in [5.74, 6) is 0.292. The van der Waals surface area contributed by atoms with Crippen LogP contribution in [-0.4, -0.2) is 38.9 Å². The average molecular weight is 265 g/mol. The van der Waals surface area contributed by atoms with Crippen LogP contribution in [-0.2, 0) is 22.7 Å². The Hall–Kier alpha value is -1.89. The van der Waals surface area contributed by atoms with Crippen LogP contribution in [0.15, 0.2) is 6.20 Å². The van der Waals surface area contributed by atoms with Gasteiger partial charge in [-0.25, -0.2) is 4.98 Å². The SMILES string of the molecule is Cc1cn2c(n1)CN(C(=O)[C@@H](N)CCC(N)=O)CC2. The van der Waals surface area contributed by atoms with E-state index in [-0.39, 0.29) is 18.7 Å². The molecule has 0 aliphatic carbocycles. The summed E-state index contributed by atoms with van der Waals surface area (Å²) in [6.07, 6.45) is 2.40. The number of aryl methyl sites for hydroxylation is 1. The predicted octanol–water partition coefficient (Wildman–Crippen LogP) is -0.873. The summed E-state index contributed by atoms with van der Waals surface area (Å²) in [7, 11) is 0. The molecule has 0 saturated heterocycles. The fourth-order valence-electron chi connectivity index (χ4n) is 2.24. The Morgan fingerprint density at radius 1 is 1.47 bits per heavy atom. The Morgan fingerprint density at radius 2 is 2.21 bits per heavy atom. The zero-order valence-electron chi connectivity index (χ0n) is 11.0. The molecule has 19 heavy (non-hydrogen) atoms. The number of imidazole rings is 1. The summed E-state index contributed by atoms with van der Waals surface area (Å²) in [4.78, 5) is 28.9. The smallest absolute Gasteiger partial charge is 0.239 e. The number of hydrogen-bond donors (Lipinski definition) is 2. The Morgan fingerprint density at radius 3 is 2.89 bits per heavy atom. The monoisotopic (exact) mass is 265 g/mol. The van der Waals surface area contributed by atoms with Gasteiger partial charge in [-0.05, 0) is 13.3 Å². The zero-order valence-corrected chi connectivity index (χ0v) is 11.0. The number of amides is 2. The van der Waals surface area contributed by atoms with Crippen LogP contribution in [0, 0.1) is 6.92 Å². The minimum Gasteiger partial charge on any atom is -0.370 e. The quantitative estimate of drug-likeness (QED) is 0.737. The first kappa shape index (κ1) is 13.5. The maximum Gasteiger partial charge on any atom is 0.239 e. The highest BCUT2D eigenvalue weighted by Crippen LogP contribution is 2.14. The van der Waals surface area contributed by atoms with Crippen LogP contribution in [0.3, 0.4) is 0 Å². The molecule has 1 aromatic heterocycles. The first-order chi connectivity index (χ1) is 8.97. The van der Waals surface area contributed by atoms with Crippen LogP contribution >= 0.6 is 0 Å². The lowest BCUT2D eigenvalue weighted by Gasteiger charge is -2.29. The van der Waals surface area contributed by atoms with Gasteiger partial charge < -0.3 is 20.9 Å². The summed E-state index contributed by atoms with van der Waals surface area (Å²) in [6.45, 7) is 3.74. The van der Waals surface area contributed by atoms with Crippen molar-refractivity contribution >= 4 is 11.8 Å². The molecule has 4 N–H and O–H groups in total. The molecule has 104 valence electrons. The number of rotatable bonds is 4. The summed E-state index contributed by atoms with van der Waals surface area (Å²) in [5.41, 5.74) is 11.8. The average Bonchev–Trinajstić information content (AvgIpc) is 2.73. The lowest BCUT2D eigenvalue weighted by atomic mass is 10.1. The molecule has 2 heterocycles. The minimum atomic E-state index is -0.671. The van der Waals surface area contributed by atoms with E-state index in [1.54, 1.807) is 4.90 Å². The standard InChI is InChI=1S/C12H19N5O2/c1-8-6-16-4-5-17(7-11(16)15-8)12(19)9(13)2-3-10(14)18/h6,9H,2-5,7,13H2,1H3,(H2,14,18)/t9-/m0/s1. The second-order valence-corrected chi connectivity index (χ2v) is 4.86. The maximum absolute atomic E-state index is 12.1. The van der Waals surface area contributed by atoms with Crippen molar-refractivity contribution in [1.82, 2.24) is 14.5 Å². The minimum absolute atomic E-state index is 0.133. The number of nitrogens with two attached hydrogens (primary N) is 2. The number of nitrogens with zero attached hydrogens (tertiary/aromatic N) is 3. The lowest BCUT2D eigenvalue weighted by Crippen LogP contribution is -2.47. The highest BCUT2D eigenvalue weighted by Gasteiger charge is 2.25. The van der Waals surface area contributed by atoms with E-state index < -0.39 is 11.9 Å². The Balaban J connectivity index is 1.96. The topological polar surface area (TPSA) is 107 Å². The van der Waals surface area contributed by atoms with E-state index in [1.165, 1.54) is 0 Å². The van der Waals surface area contributed by atoms with Crippen LogP contribution in [0.4, 0.5) is 0 Å². The van der Waals surface area contributed by atoms with Crippen molar-refractivity contribution in [3.05, 3.63) is 17.7 Å². The van der Waals surface area contributed by atoms with Gasteiger partial charge in [-0.2, -0.15) is 0 Å². The van der Waals surface area contributed by atoms with Crippen molar-refractivity contribution in [2.24, 2.45) is 11.5 Å². The summed E-state index contributed by atoms with van der Waals surface area (Å²) < 4.78 is 2.05. The zero-order chi connectivity index (χ0) is 14.0. The third-order valence-corrected chi connectivity index (χ3v) is 3.25. The normalized spacial score (nSPS) is 16.0. The van der Waals surface area contributed by atoms with Gasteiger partial charge in [0.05, 0.1) is 18.3 Å². The van der Waals surface area contributed by atoms with Crippen molar-refractivity contribution in [1.29, 1.82) is 0 Å². The largest absolute Gasteiger partial charge is 0.370 e. The molecule has 0 bridgehead atoms. The van der Waals surface area contributed by atoms with E-state index >= 15 is 0 Å². The molecule has 1 atom stereocenters. The van der Waals surface area contributed by atoms with Gasteiger partial charge in [0.1, 0.15) is 5.82 Å². The van der Waals surface area contributed by atoms with Crippen molar-refractivity contribution < 1.29 is 9.59 Å². The molecule has 2 amide bonds. The van der Waals surface area contributed by atoms with E-state index in [9.17, 15) is 9.59 Å². The number of carbonyl (C=O) groups is 2. The molecule has 1 aliphatic rings. The maximum atomic E-state index is 12.1. The van der Waals surface area contributed by atoms with E-state index in [4.69, 9.17) is 11.5 Å². The fraction of sp³-hybridized carbons (Fsp3) is 0.583. The van der Waals surface area contributed by atoms with Gasteiger partial charge in [-0.3, -0.25) is 9.59 Å². The number of carbonyl (C=O) groups excluding carboxylic acids is 2. The van der Waals surface area contributed by atoms with Crippen LogP contribution in [0.25, 0.3) is 0 Å². The number of aromatic nitrogens is 2. The van der Waals surface area contributed by atoms with E-state index in [0.29, 0.717) is 13.1 Å². The van der Waals surface area contributed by atoms with Crippen LogP contribution < -0.4 is 11.5 Å². The molecule has 7 nitrogen and oxygen atoms in total. The Labute approximate surface area is 111 Å². The molecule has 0 spiro atoms. The summed E-state index contributed by atoms with van der Waals surface area (Å²) >= 11 is 0. The molecule has 0 unspecified atom stereocenters. The molecule has 0 radical (unpaired) electrons. The van der Waals surface area contributed by atoms with Crippen LogP contribution in [0.2, 0.25) is 0 Å². The van der Waals surface area contributed by atoms with Crippen molar-refractivity contribution in [2.45, 2.75) is 38.9 Å². The molecule has 1 aliphatic heterocycles. The Bertz CT molecular complexity index is 496. The number of fused-ring (bicyclic) bond motifs is 1. The molecule has 0 fully saturated rings. The molecule has 0 aromatic carbocycles. The van der Waals surface area contributed by atoms with Gasteiger partial charge in [0, 0.05) is 25.7 Å². The van der Waals surface area contributed by atoms with E-state index in [0.717, 1.165) is 18.1 Å². The van der Waals surface area contributed by atoms with Gasteiger partial charge in [-0.15, -0.1) is 0 Å². The summed E-state index contributed by atoms with van der Waals surface area (Å²) in [6, 6.07) is -0.671. The molecular weight excluding hydrogens is 246 g/mol. The van der Waals surface area contributed by atoms with E-state index in [2.05, 4.69) is 4.98 Å². The van der Waals surface area contributed by atoms with Crippen molar-refractivity contribution in [3.8, 4) is 0 Å². The first-order valence-electron chi connectivity index (χ1n) is 6.32.